The predicted octanol–water partition coefficient (Wildman–Crippen LogP) is 3.09. The number of aromatic nitrogens is 3. The number of pyridine rings is 3. The van der Waals surface area contributed by atoms with E-state index in [1.54, 1.807) is 18.6 Å². The summed E-state index contributed by atoms with van der Waals surface area (Å²) >= 11 is 0. The predicted molar refractivity (Wildman–Crippen MR) is 82.7 cm³/mol. The molecule has 3 aromatic heterocycles. The zero-order chi connectivity index (χ0) is 14.3. The maximum atomic E-state index is 4.29. The second kappa shape index (κ2) is 6.47. The molecule has 0 aliphatic rings. The molecule has 0 aliphatic carbocycles. The molecule has 21 heavy (non-hydrogen) atoms. The van der Waals surface area contributed by atoms with Crippen LogP contribution in [0.4, 0.5) is 11.6 Å². The molecule has 0 saturated heterocycles. The van der Waals surface area contributed by atoms with Gasteiger partial charge in [0, 0.05) is 30.4 Å². The minimum Gasteiger partial charge on any atom is -0.346 e. The van der Waals surface area contributed by atoms with Crippen molar-refractivity contribution >= 4 is 11.6 Å². The molecule has 104 valence electrons. The van der Waals surface area contributed by atoms with Crippen LogP contribution in [0, 0.1) is 0 Å². The molecule has 0 amide bonds. The van der Waals surface area contributed by atoms with E-state index >= 15 is 0 Å². The Labute approximate surface area is 123 Å². The molecular formula is C16H15N5. The summed E-state index contributed by atoms with van der Waals surface area (Å²) in [7, 11) is 0. The molecule has 3 aromatic rings. The third kappa shape index (κ3) is 3.54. The van der Waals surface area contributed by atoms with Crippen LogP contribution in [0.25, 0.3) is 0 Å². The van der Waals surface area contributed by atoms with E-state index in [1.807, 2.05) is 54.7 Å². The molecule has 5 heteroatoms. The van der Waals surface area contributed by atoms with Crippen LogP contribution >= 0.6 is 0 Å². The zero-order valence-corrected chi connectivity index (χ0v) is 11.3. The van der Waals surface area contributed by atoms with Crippen LogP contribution in [-0.4, -0.2) is 15.0 Å². The Bertz CT molecular complexity index is 617. The quantitative estimate of drug-likeness (QED) is 0.702. The highest BCUT2D eigenvalue weighted by molar-refractivity contribution is 5.44. The Kier molecular flexibility index (Phi) is 4.02. The van der Waals surface area contributed by atoms with Gasteiger partial charge in [-0.1, -0.05) is 18.2 Å². The van der Waals surface area contributed by atoms with Crippen molar-refractivity contribution in [1.82, 2.24) is 15.0 Å². The standard InChI is InChI=1S/C16H15N5/c1-3-10-18-14(7-1)20-16(13-6-5-9-17-12-13)21-15-8-2-4-11-19-15/h1-12,16H,(H,18,20)(H,19,21). The summed E-state index contributed by atoms with van der Waals surface area (Å²) in [5.74, 6) is 1.57. The van der Waals surface area contributed by atoms with Crippen molar-refractivity contribution in [2.24, 2.45) is 0 Å². The Hall–Kier alpha value is -2.95. The number of anilines is 2. The summed E-state index contributed by atoms with van der Waals surface area (Å²) in [5, 5.41) is 6.68. The van der Waals surface area contributed by atoms with Crippen LogP contribution in [0.1, 0.15) is 11.7 Å². The van der Waals surface area contributed by atoms with Gasteiger partial charge in [-0.05, 0) is 30.3 Å². The van der Waals surface area contributed by atoms with E-state index in [4.69, 9.17) is 0 Å². The molecule has 0 spiro atoms. The zero-order valence-electron chi connectivity index (χ0n) is 11.3. The van der Waals surface area contributed by atoms with Crippen LogP contribution in [0.5, 0.6) is 0 Å². The summed E-state index contributed by atoms with van der Waals surface area (Å²) < 4.78 is 0. The molecule has 0 fully saturated rings. The second-order valence-electron chi connectivity index (χ2n) is 4.44. The van der Waals surface area contributed by atoms with E-state index in [1.165, 1.54) is 0 Å². The van der Waals surface area contributed by atoms with Gasteiger partial charge in [0.05, 0.1) is 0 Å². The molecule has 0 bridgehead atoms. The molecular weight excluding hydrogens is 262 g/mol. The van der Waals surface area contributed by atoms with Crippen LogP contribution < -0.4 is 10.6 Å². The topological polar surface area (TPSA) is 62.7 Å². The van der Waals surface area contributed by atoms with Crippen molar-refractivity contribution in [3.8, 4) is 0 Å². The van der Waals surface area contributed by atoms with Gasteiger partial charge in [-0.2, -0.15) is 0 Å². The number of nitrogens with one attached hydrogen (secondary N) is 2. The van der Waals surface area contributed by atoms with Gasteiger partial charge in [-0.15, -0.1) is 0 Å². The first-order valence-corrected chi connectivity index (χ1v) is 6.67. The van der Waals surface area contributed by atoms with Gasteiger partial charge in [-0.3, -0.25) is 4.98 Å². The van der Waals surface area contributed by atoms with E-state index in [0.717, 1.165) is 17.2 Å². The summed E-state index contributed by atoms with van der Waals surface area (Å²) in [4.78, 5) is 12.8. The Balaban J connectivity index is 1.84. The number of nitrogens with zero attached hydrogens (tertiary/aromatic N) is 3. The number of rotatable bonds is 5. The maximum Gasteiger partial charge on any atom is 0.127 e. The largest absolute Gasteiger partial charge is 0.346 e. The van der Waals surface area contributed by atoms with Crippen LogP contribution in [0.3, 0.4) is 0 Å². The van der Waals surface area contributed by atoms with Crippen molar-refractivity contribution in [2.75, 3.05) is 10.6 Å². The van der Waals surface area contributed by atoms with E-state index in [0.29, 0.717) is 0 Å². The Morgan fingerprint density at radius 2 is 1.38 bits per heavy atom. The minimum absolute atomic E-state index is 0.163. The third-order valence-electron chi connectivity index (χ3n) is 2.93. The average molecular weight is 277 g/mol. The van der Waals surface area contributed by atoms with Crippen molar-refractivity contribution in [2.45, 2.75) is 6.17 Å². The number of hydrogen-bond acceptors (Lipinski definition) is 5. The molecule has 0 atom stereocenters. The lowest BCUT2D eigenvalue weighted by molar-refractivity contribution is 0.873. The van der Waals surface area contributed by atoms with E-state index < -0.39 is 0 Å². The first kappa shape index (κ1) is 13.1. The van der Waals surface area contributed by atoms with Crippen LogP contribution in [-0.2, 0) is 0 Å². The summed E-state index contributed by atoms with van der Waals surface area (Å²) in [6.07, 6.45) is 6.91. The van der Waals surface area contributed by atoms with Gasteiger partial charge in [-0.25, -0.2) is 9.97 Å². The molecule has 5 nitrogen and oxygen atoms in total. The van der Waals surface area contributed by atoms with Gasteiger partial charge < -0.3 is 10.6 Å². The second-order valence-corrected chi connectivity index (χ2v) is 4.44. The van der Waals surface area contributed by atoms with Crippen molar-refractivity contribution in [3.05, 3.63) is 78.9 Å². The van der Waals surface area contributed by atoms with Gasteiger partial charge >= 0.3 is 0 Å². The van der Waals surface area contributed by atoms with Gasteiger partial charge in [0.1, 0.15) is 17.8 Å². The monoisotopic (exact) mass is 277 g/mol. The summed E-state index contributed by atoms with van der Waals surface area (Å²) in [6, 6.07) is 15.4. The third-order valence-corrected chi connectivity index (χ3v) is 2.93. The molecule has 0 radical (unpaired) electrons. The average Bonchev–Trinajstić information content (AvgIpc) is 2.57. The molecule has 3 heterocycles. The van der Waals surface area contributed by atoms with Crippen LogP contribution in [0.15, 0.2) is 73.3 Å². The van der Waals surface area contributed by atoms with E-state index in [9.17, 15) is 0 Å². The van der Waals surface area contributed by atoms with Crippen molar-refractivity contribution in [3.63, 3.8) is 0 Å². The lowest BCUT2D eigenvalue weighted by Gasteiger charge is -2.21. The van der Waals surface area contributed by atoms with Gasteiger partial charge in [0.15, 0.2) is 0 Å². The first-order chi connectivity index (χ1) is 10.4. The van der Waals surface area contributed by atoms with Gasteiger partial charge in [0.2, 0.25) is 0 Å². The molecule has 2 N–H and O–H groups in total. The van der Waals surface area contributed by atoms with Crippen molar-refractivity contribution in [1.29, 1.82) is 0 Å². The highest BCUT2D eigenvalue weighted by Gasteiger charge is 2.12. The van der Waals surface area contributed by atoms with Crippen LogP contribution in [0.2, 0.25) is 0 Å². The lowest BCUT2D eigenvalue weighted by Crippen LogP contribution is -2.21. The molecule has 0 aromatic carbocycles. The van der Waals surface area contributed by atoms with Gasteiger partial charge in [0.25, 0.3) is 0 Å². The van der Waals surface area contributed by atoms with E-state index in [-0.39, 0.29) is 6.17 Å². The fraction of sp³-hybridized carbons (Fsp3) is 0.0625. The minimum atomic E-state index is -0.163. The molecule has 3 rings (SSSR count). The lowest BCUT2D eigenvalue weighted by atomic mass is 10.2. The molecule has 0 saturated carbocycles. The Morgan fingerprint density at radius 3 is 1.86 bits per heavy atom. The normalized spacial score (nSPS) is 10.3. The fourth-order valence-corrected chi connectivity index (χ4v) is 1.94. The molecule has 0 unspecified atom stereocenters. The SMILES string of the molecule is c1ccc(NC(Nc2ccccn2)c2cccnc2)nc1. The van der Waals surface area contributed by atoms with Crippen molar-refractivity contribution < 1.29 is 0 Å². The Morgan fingerprint density at radius 1 is 0.714 bits per heavy atom. The highest BCUT2D eigenvalue weighted by atomic mass is 15.2. The highest BCUT2D eigenvalue weighted by Crippen LogP contribution is 2.19. The number of hydrogen-bond donors (Lipinski definition) is 2. The smallest absolute Gasteiger partial charge is 0.127 e. The first-order valence-electron chi connectivity index (χ1n) is 6.67. The maximum absolute atomic E-state index is 4.29. The summed E-state index contributed by atoms with van der Waals surface area (Å²) in [6.45, 7) is 0. The fourth-order valence-electron chi connectivity index (χ4n) is 1.94. The summed E-state index contributed by atoms with van der Waals surface area (Å²) in [5.41, 5.74) is 1.01. The van der Waals surface area contributed by atoms with E-state index in [2.05, 4.69) is 25.6 Å². The molecule has 0 aliphatic heterocycles.